The van der Waals surface area contributed by atoms with E-state index in [-0.39, 0.29) is 43.6 Å². The number of likely N-dealkylation sites (tertiary alicyclic amines) is 2. The molecule has 1 N–H and O–H groups in total. The van der Waals surface area contributed by atoms with E-state index in [2.05, 4.69) is 0 Å². The third-order valence-electron chi connectivity index (χ3n) is 3.70. The topological polar surface area (TPSA) is 77.9 Å². The van der Waals surface area contributed by atoms with Gasteiger partial charge in [0, 0.05) is 25.5 Å². The van der Waals surface area contributed by atoms with Gasteiger partial charge in [0.25, 0.3) is 0 Å². The summed E-state index contributed by atoms with van der Waals surface area (Å²) < 4.78 is 12.1. The highest BCUT2D eigenvalue weighted by Crippen LogP contribution is 2.41. The van der Waals surface area contributed by atoms with Crippen molar-refractivity contribution in [3.8, 4) is 0 Å². The molecule has 2 heterocycles. The Morgan fingerprint density at radius 2 is 1.63 bits per heavy atom. The lowest BCUT2D eigenvalue weighted by Crippen LogP contribution is -2.34. The Kier molecular flexibility index (Phi) is 4.76. The molecule has 1 unspecified atom stereocenters. The van der Waals surface area contributed by atoms with Crippen LogP contribution in [0.5, 0.6) is 0 Å². The van der Waals surface area contributed by atoms with E-state index in [4.69, 9.17) is 0 Å². The lowest BCUT2D eigenvalue weighted by Gasteiger charge is -2.28. The molecule has 1 atom stereocenters. The molecule has 2 aliphatic heterocycles. The van der Waals surface area contributed by atoms with E-state index < -0.39 is 7.37 Å². The summed E-state index contributed by atoms with van der Waals surface area (Å²) in [5.74, 6) is -0.439. The first-order valence-electron chi connectivity index (χ1n) is 6.84. The van der Waals surface area contributed by atoms with Crippen LogP contribution in [0, 0.1) is 0 Å². The van der Waals surface area contributed by atoms with Crippen LogP contribution in [0.2, 0.25) is 0 Å². The fourth-order valence-electron chi connectivity index (χ4n) is 2.61. The van der Waals surface area contributed by atoms with Gasteiger partial charge in [0.1, 0.15) is 0 Å². The fourth-order valence-corrected chi connectivity index (χ4v) is 4.17. The van der Waals surface area contributed by atoms with E-state index in [1.807, 2.05) is 4.90 Å². The SMILES string of the molecule is O=C1CCC(=O)N1CCP(=O)(O)CN1CCCCC1. The molecule has 0 aromatic heterocycles. The van der Waals surface area contributed by atoms with Crippen molar-refractivity contribution in [3.05, 3.63) is 0 Å². The Labute approximate surface area is 113 Å². The number of piperidine rings is 1. The lowest BCUT2D eigenvalue weighted by molar-refractivity contribution is -0.137. The molecule has 2 amide bonds. The Hall–Kier alpha value is -0.710. The number of hydrogen-bond acceptors (Lipinski definition) is 4. The van der Waals surface area contributed by atoms with Gasteiger partial charge in [0.15, 0.2) is 0 Å². The third kappa shape index (κ3) is 4.13. The van der Waals surface area contributed by atoms with Crippen molar-refractivity contribution in [2.24, 2.45) is 0 Å². The minimum atomic E-state index is -3.29. The van der Waals surface area contributed by atoms with Gasteiger partial charge in [-0.15, -0.1) is 0 Å². The van der Waals surface area contributed by atoms with Crippen molar-refractivity contribution in [2.45, 2.75) is 32.1 Å². The average Bonchev–Trinajstić information content (AvgIpc) is 2.67. The van der Waals surface area contributed by atoms with E-state index in [1.165, 1.54) is 6.42 Å². The van der Waals surface area contributed by atoms with Crippen LogP contribution in [0.25, 0.3) is 0 Å². The highest BCUT2D eigenvalue weighted by atomic mass is 31.2. The first kappa shape index (κ1) is 14.7. The van der Waals surface area contributed by atoms with E-state index in [0.717, 1.165) is 30.8 Å². The minimum Gasteiger partial charge on any atom is -0.343 e. The molecular formula is C12H21N2O4P. The van der Waals surface area contributed by atoms with Gasteiger partial charge < -0.3 is 4.89 Å². The van der Waals surface area contributed by atoms with Crippen molar-refractivity contribution < 1.29 is 19.0 Å². The van der Waals surface area contributed by atoms with Crippen molar-refractivity contribution >= 4 is 19.2 Å². The first-order chi connectivity index (χ1) is 8.98. The number of nitrogens with zero attached hydrogens (tertiary/aromatic N) is 2. The summed E-state index contributed by atoms with van der Waals surface area (Å²) in [6.07, 6.45) is 4.00. The third-order valence-corrected chi connectivity index (χ3v) is 5.44. The molecule has 2 saturated heterocycles. The van der Waals surface area contributed by atoms with Crippen LogP contribution in [0.1, 0.15) is 32.1 Å². The summed E-state index contributed by atoms with van der Waals surface area (Å²) in [5.41, 5.74) is 0. The highest BCUT2D eigenvalue weighted by Gasteiger charge is 2.31. The molecule has 0 aliphatic carbocycles. The van der Waals surface area contributed by atoms with Gasteiger partial charge in [-0.05, 0) is 25.9 Å². The van der Waals surface area contributed by atoms with Crippen molar-refractivity contribution in [1.29, 1.82) is 0 Å². The van der Waals surface area contributed by atoms with Crippen LogP contribution >= 0.6 is 7.37 Å². The molecule has 0 bridgehead atoms. The predicted octanol–water partition coefficient (Wildman–Crippen LogP) is 0.849. The van der Waals surface area contributed by atoms with E-state index in [1.54, 1.807) is 0 Å². The van der Waals surface area contributed by atoms with Crippen LogP contribution in [0.15, 0.2) is 0 Å². The van der Waals surface area contributed by atoms with Crippen molar-refractivity contribution in [1.82, 2.24) is 9.80 Å². The van der Waals surface area contributed by atoms with E-state index in [0.29, 0.717) is 0 Å². The fraction of sp³-hybridized carbons (Fsp3) is 0.833. The summed E-state index contributed by atoms with van der Waals surface area (Å²) >= 11 is 0. The molecule has 2 rings (SSSR count). The number of carbonyl (C=O) groups is 2. The van der Waals surface area contributed by atoms with Crippen LogP contribution in [0.3, 0.4) is 0 Å². The number of carbonyl (C=O) groups excluding carboxylic acids is 2. The van der Waals surface area contributed by atoms with Gasteiger partial charge in [-0.1, -0.05) is 6.42 Å². The number of hydrogen-bond donors (Lipinski definition) is 1. The van der Waals surface area contributed by atoms with E-state index in [9.17, 15) is 19.0 Å². The van der Waals surface area contributed by atoms with Gasteiger partial charge in [-0.2, -0.15) is 0 Å². The molecule has 6 nitrogen and oxygen atoms in total. The van der Waals surface area contributed by atoms with Gasteiger partial charge in [0.05, 0.1) is 6.29 Å². The second-order valence-electron chi connectivity index (χ2n) is 5.33. The molecular weight excluding hydrogens is 267 g/mol. The summed E-state index contributed by atoms with van der Waals surface area (Å²) in [4.78, 5) is 35.9. The highest BCUT2D eigenvalue weighted by molar-refractivity contribution is 7.57. The second-order valence-corrected chi connectivity index (χ2v) is 7.75. The Balaban J connectivity index is 1.81. The zero-order valence-electron chi connectivity index (χ0n) is 11.1. The summed E-state index contributed by atoms with van der Waals surface area (Å²) in [6, 6.07) is 0. The molecule has 0 aromatic rings. The molecule has 7 heteroatoms. The Bertz CT molecular complexity index is 391. The van der Waals surface area contributed by atoms with Crippen molar-refractivity contribution in [3.63, 3.8) is 0 Å². The average molecular weight is 288 g/mol. The number of rotatable bonds is 5. The van der Waals surface area contributed by atoms with Gasteiger partial charge in [-0.3, -0.25) is 24.0 Å². The molecule has 108 valence electrons. The summed E-state index contributed by atoms with van der Waals surface area (Å²) in [5, 5.41) is 0. The normalized spacial score (nSPS) is 24.8. The zero-order chi connectivity index (χ0) is 13.9. The molecule has 0 radical (unpaired) electrons. The maximum Gasteiger partial charge on any atom is 0.229 e. The Morgan fingerprint density at radius 1 is 1.05 bits per heavy atom. The molecule has 2 aliphatic rings. The summed E-state index contributed by atoms with van der Waals surface area (Å²) in [6.45, 7) is 1.82. The maximum absolute atomic E-state index is 12.1. The quantitative estimate of drug-likeness (QED) is 0.599. The zero-order valence-corrected chi connectivity index (χ0v) is 12.0. The predicted molar refractivity (Wildman–Crippen MR) is 70.9 cm³/mol. The number of imide groups is 1. The van der Waals surface area contributed by atoms with Gasteiger partial charge >= 0.3 is 0 Å². The standard InChI is InChI=1S/C12H21N2O4P/c15-11-4-5-12(16)14(11)8-9-19(17,18)10-13-6-2-1-3-7-13/h1-10H2,(H,17,18). The Morgan fingerprint density at radius 3 is 2.21 bits per heavy atom. The number of amides is 2. The van der Waals surface area contributed by atoms with Gasteiger partial charge in [-0.25, -0.2) is 0 Å². The van der Waals surface area contributed by atoms with Crippen LogP contribution in [-0.4, -0.2) is 58.6 Å². The lowest BCUT2D eigenvalue weighted by atomic mass is 10.1. The largest absolute Gasteiger partial charge is 0.343 e. The molecule has 2 fully saturated rings. The monoisotopic (exact) mass is 288 g/mol. The smallest absolute Gasteiger partial charge is 0.229 e. The molecule has 0 saturated carbocycles. The van der Waals surface area contributed by atoms with Crippen LogP contribution in [-0.2, 0) is 14.2 Å². The van der Waals surface area contributed by atoms with E-state index >= 15 is 0 Å². The molecule has 0 spiro atoms. The minimum absolute atomic E-state index is 0.0149. The van der Waals surface area contributed by atoms with Gasteiger partial charge in [0.2, 0.25) is 19.2 Å². The van der Waals surface area contributed by atoms with Crippen molar-refractivity contribution in [2.75, 3.05) is 32.1 Å². The van der Waals surface area contributed by atoms with Crippen LogP contribution < -0.4 is 0 Å². The first-order valence-corrected chi connectivity index (χ1v) is 8.87. The molecule has 19 heavy (non-hydrogen) atoms. The second kappa shape index (κ2) is 6.16. The summed E-state index contributed by atoms with van der Waals surface area (Å²) in [7, 11) is -3.29. The molecule has 0 aromatic carbocycles. The maximum atomic E-state index is 12.1. The van der Waals surface area contributed by atoms with Crippen LogP contribution in [0.4, 0.5) is 0 Å².